The fraction of sp³-hybridized carbons (Fsp3) is 0.871. The SMILES string of the molecule is CCCCCCCC/C=C\CCCCCCCCCCCC(=O)OCCCCC/C=C\C/C=C\CCCCCCCCCC(=O)NC(CO)C(O)CCCCCCCCCCCCCCCCC. The number of rotatable bonds is 56. The maximum atomic E-state index is 12.5. The lowest BCUT2D eigenvalue weighted by molar-refractivity contribution is -0.143. The van der Waals surface area contributed by atoms with Crippen LogP contribution >= 0.6 is 0 Å². The summed E-state index contributed by atoms with van der Waals surface area (Å²) >= 11 is 0. The van der Waals surface area contributed by atoms with Gasteiger partial charge in [-0.2, -0.15) is 0 Å². The molecule has 0 bridgehead atoms. The molecule has 0 spiro atoms. The first kappa shape index (κ1) is 66.1. The number of hydrogen-bond acceptors (Lipinski definition) is 5. The average Bonchev–Trinajstić information content (AvgIpc) is 3.34. The van der Waals surface area contributed by atoms with Crippen LogP contribution in [-0.4, -0.2) is 47.4 Å². The Morgan fingerprint density at radius 3 is 1.13 bits per heavy atom. The molecule has 0 aromatic rings. The Kier molecular flexibility index (Phi) is 56.0. The third-order valence-electron chi connectivity index (χ3n) is 13.9. The molecule has 0 aliphatic carbocycles. The van der Waals surface area contributed by atoms with E-state index in [1.165, 1.54) is 205 Å². The van der Waals surface area contributed by atoms with Crippen molar-refractivity contribution in [2.24, 2.45) is 0 Å². The van der Waals surface area contributed by atoms with E-state index in [4.69, 9.17) is 4.74 Å². The van der Waals surface area contributed by atoms with Gasteiger partial charge in [0.2, 0.25) is 5.91 Å². The van der Waals surface area contributed by atoms with Crippen molar-refractivity contribution in [3.05, 3.63) is 36.5 Å². The van der Waals surface area contributed by atoms with Crippen LogP contribution in [0.4, 0.5) is 0 Å². The standard InChI is InChI=1S/C62H117NO5/c1-3-5-7-9-11-13-15-17-19-20-21-24-28-32-36-40-44-48-52-56-62(67)68-57-53-49-45-41-37-33-29-25-22-23-27-31-35-39-43-47-51-55-61(66)63-59(58-64)60(65)54-50-46-42-38-34-30-26-18-16-14-12-10-8-6-4-2/h17,19,22,25,33,37,59-60,64-65H,3-16,18,20-21,23-24,26-32,34-36,38-58H2,1-2H3,(H,63,66)/b19-17-,25-22-,37-33-. The molecule has 0 fully saturated rings. The maximum absolute atomic E-state index is 12.5. The number of unbranched alkanes of at least 4 members (excludes halogenated alkanes) is 39. The molecule has 3 N–H and O–H groups in total. The van der Waals surface area contributed by atoms with Gasteiger partial charge in [-0.1, -0.05) is 256 Å². The summed E-state index contributed by atoms with van der Waals surface area (Å²) in [6, 6.07) is -0.554. The van der Waals surface area contributed by atoms with Crippen LogP contribution in [0.15, 0.2) is 36.5 Å². The molecule has 400 valence electrons. The number of amides is 1. The molecule has 0 aliphatic rings. The molecular weight excluding hydrogens is 839 g/mol. The molecule has 0 saturated heterocycles. The van der Waals surface area contributed by atoms with E-state index in [0.717, 1.165) is 83.5 Å². The molecule has 0 aliphatic heterocycles. The highest BCUT2D eigenvalue weighted by atomic mass is 16.5. The quantitative estimate of drug-likeness (QED) is 0.0321. The second-order valence-corrected chi connectivity index (χ2v) is 20.7. The molecule has 0 saturated carbocycles. The predicted molar refractivity (Wildman–Crippen MR) is 296 cm³/mol. The number of aliphatic hydroxyl groups excluding tert-OH is 2. The maximum Gasteiger partial charge on any atom is 0.305 e. The van der Waals surface area contributed by atoms with Gasteiger partial charge in [0, 0.05) is 12.8 Å². The van der Waals surface area contributed by atoms with Gasteiger partial charge in [0.05, 0.1) is 25.4 Å². The van der Waals surface area contributed by atoms with Gasteiger partial charge >= 0.3 is 5.97 Å². The number of ether oxygens (including phenoxy) is 1. The van der Waals surface area contributed by atoms with E-state index >= 15 is 0 Å². The van der Waals surface area contributed by atoms with Gasteiger partial charge in [0.1, 0.15) is 0 Å². The number of hydrogen-bond donors (Lipinski definition) is 3. The molecule has 6 heteroatoms. The number of allylic oxidation sites excluding steroid dienone is 6. The van der Waals surface area contributed by atoms with Gasteiger partial charge in [-0.3, -0.25) is 9.59 Å². The smallest absolute Gasteiger partial charge is 0.305 e. The van der Waals surface area contributed by atoms with Crippen LogP contribution in [0.1, 0.15) is 322 Å². The number of aliphatic hydroxyl groups is 2. The van der Waals surface area contributed by atoms with Crippen molar-refractivity contribution in [2.45, 2.75) is 334 Å². The first-order chi connectivity index (χ1) is 33.5. The van der Waals surface area contributed by atoms with Crippen LogP contribution in [0.2, 0.25) is 0 Å². The lowest BCUT2D eigenvalue weighted by Crippen LogP contribution is -2.45. The summed E-state index contributed by atoms with van der Waals surface area (Å²) in [5, 5.41) is 23.3. The molecule has 0 aromatic heterocycles. The first-order valence-electron chi connectivity index (χ1n) is 30.2. The highest BCUT2D eigenvalue weighted by Gasteiger charge is 2.20. The Labute approximate surface area is 424 Å². The zero-order chi connectivity index (χ0) is 49.3. The van der Waals surface area contributed by atoms with Gasteiger partial charge in [-0.15, -0.1) is 0 Å². The largest absolute Gasteiger partial charge is 0.466 e. The number of nitrogens with one attached hydrogen (secondary N) is 1. The lowest BCUT2D eigenvalue weighted by atomic mass is 10.0. The van der Waals surface area contributed by atoms with Crippen molar-refractivity contribution in [2.75, 3.05) is 13.2 Å². The Balaban J connectivity index is 3.48. The molecule has 0 radical (unpaired) electrons. The Morgan fingerprint density at radius 2 is 0.735 bits per heavy atom. The van der Waals surface area contributed by atoms with Crippen molar-refractivity contribution in [1.82, 2.24) is 5.32 Å². The third kappa shape index (κ3) is 53.4. The minimum Gasteiger partial charge on any atom is -0.466 e. The van der Waals surface area contributed by atoms with Gasteiger partial charge in [0.15, 0.2) is 0 Å². The highest BCUT2D eigenvalue weighted by molar-refractivity contribution is 5.76. The minimum atomic E-state index is -0.675. The van der Waals surface area contributed by atoms with Crippen LogP contribution in [0.25, 0.3) is 0 Å². The van der Waals surface area contributed by atoms with Gasteiger partial charge in [-0.25, -0.2) is 0 Å². The molecule has 1 amide bonds. The Morgan fingerprint density at radius 1 is 0.412 bits per heavy atom. The van der Waals surface area contributed by atoms with Crippen molar-refractivity contribution in [3.63, 3.8) is 0 Å². The summed E-state index contributed by atoms with van der Waals surface area (Å²) in [5.41, 5.74) is 0. The van der Waals surface area contributed by atoms with E-state index in [0.29, 0.717) is 25.9 Å². The van der Waals surface area contributed by atoms with Gasteiger partial charge < -0.3 is 20.3 Å². The predicted octanol–water partition coefficient (Wildman–Crippen LogP) is 18.8. The van der Waals surface area contributed by atoms with E-state index in [9.17, 15) is 19.8 Å². The summed E-state index contributed by atoms with van der Waals surface area (Å²) in [4.78, 5) is 24.6. The summed E-state index contributed by atoms with van der Waals surface area (Å²) in [6.07, 6.45) is 71.4. The fourth-order valence-corrected chi connectivity index (χ4v) is 9.25. The van der Waals surface area contributed by atoms with Crippen molar-refractivity contribution in [1.29, 1.82) is 0 Å². The summed E-state index contributed by atoms with van der Waals surface area (Å²) in [7, 11) is 0. The third-order valence-corrected chi connectivity index (χ3v) is 13.9. The number of carbonyl (C=O) groups excluding carboxylic acids is 2. The average molecular weight is 957 g/mol. The molecule has 0 rings (SSSR count). The summed E-state index contributed by atoms with van der Waals surface area (Å²) in [5.74, 6) is -0.0659. The van der Waals surface area contributed by atoms with E-state index in [2.05, 4.69) is 55.6 Å². The van der Waals surface area contributed by atoms with Crippen LogP contribution in [0.3, 0.4) is 0 Å². The monoisotopic (exact) mass is 956 g/mol. The van der Waals surface area contributed by atoms with Crippen LogP contribution < -0.4 is 5.32 Å². The molecule has 0 aromatic carbocycles. The van der Waals surface area contributed by atoms with Crippen molar-refractivity contribution >= 4 is 11.9 Å². The molecule has 6 nitrogen and oxygen atoms in total. The van der Waals surface area contributed by atoms with Gasteiger partial charge in [0.25, 0.3) is 0 Å². The van der Waals surface area contributed by atoms with Gasteiger partial charge in [-0.05, 0) is 89.9 Å². The molecule has 0 heterocycles. The molecule has 2 unspecified atom stereocenters. The topological polar surface area (TPSA) is 95.9 Å². The summed E-state index contributed by atoms with van der Waals surface area (Å²) in [6.45, 7) is 4.92. The van der Waals surface area contributed by atoms with Crippen LogP contribution in [0, 0.1) is 0 Å². The normalized spacial score (nSPS) is 12.8. The van der Waals surface area contributed by atoms with E-state index < -0.39 is 12.1 Å². The number of carbonyl (C=O) groups is 2. The second-order valence-electron chi connectivity index (χ2n) is 20.7. The second kappa shape index (κ2) is 57.7. The van der Waals surface area contributed by atoms with Crippen molar-refractivity contribution in [3.8, 4) is 0 Å². The Bertz CT molecular complexity index is 1100. The Hall–Kier alpha value is -1.92. The lowest BCUT2D eigenvalue weighted by Gasteiger charge is -2.22. The fourth-order valence-electron chi connectivity index (χ4n) is 9.25. The highest BCUT2D eigenvalue weighted by Crippen LogP contribution is 2.17. The molecular formula is C62H117NO5. The zero-order valence-electron chi connectivity index (χ0n) is 45.6. The molecule has 2 atom stereocenters. The van der Waals surface area contributed by atoms with Crippen LogP contribution in [0.5, 0.6) is 0 Å². The van der Waals surface area contributed by atoms with E-state index in [-0.39, 0.29) is 18.5 Å². The zero-order valence-corrected chi connectivity index (χ0v) is 45.6. The van der Waals surface area contributed by atoms with E-state index in [1.54, 1.807) is 0 Å². The van der Waals surface area contributed by atoms with E-state index in [1.807, 2.05) is 0 Å². The summed E-state index contributed by atoms with van der Waals surface area (Å²) < 4.78 is 5.47. The van der Waals surface area contributed by atoms with Crippen LogP contribution in [-0.2, 0) is 14.3 Å². The van der Waals surface area contributed by atoms with Crippen molar-refractivity contribution < 1.29 is 24.5 Å². The minimum absolute atomic E-state index is 0.0157. The first-order valence-corrected chi connectivity index (χ1v) is 30.2. The molecule has 68 heavy (non-hydrogen) atoms. The number of esters is 1.